The van der Waals surface area contributed by atoms with Gasteiger partial charge in [0.15, 0.2) is 0 Å². The molecule has 1 N–H and O–H groups in total. The molecule has 2 saturated heterocycles. The van der Waals surface area contributed by atoms with Crippen molar-refractivity contribution in [2.45, 2.75) is 31.2 Å². The van der Waals surface area contributed by atoms with Crippen LogP contribution in [0.15, 0.2) is 12.4 Å². The fourth-order valence-electron chi connectivity index (χ4n) is 3.39. The summed E-state index contributed by atoms with van der Waals surface area (Å²) in [5, 5.41) is 7.27. The Morgan fingerprint density at radius 2 is 2.21 bits per heavy atom. The van der Waals surface area contributed by atoms with Crippen LogP contribution in [0.3, 0.4) is 0 Å². The van der Waals surface area contributed by atoms with Crippen LogP contribution in [-0.4, -0.2) is 59.0 Å². The Morgan fingerprint density at radius 3 is 2.88 bits per heavy atom. The van der Waals surface area contributed by atoms with Gasteiger partial charge in [-0.05, 0) is 12.8 Å². The Hall–Kier alpha value is -1.61. The summed E-state index contributed by atoms with van der Waals surface area (Å²) in [4.78, 5) is 12.9. The van der Waals surface area contributed by atoms with Gasteiger partial charge in [0.25, 0.3) is 0 Å². The molecule has 3 rings (SSSR count). The van der Waals surface area contributed by atoms with E-state index in [1.807, 2.05) is 13.2 Å². The van der Waals surface area contributed by atoms with Gasteiger partial charge in [0.05, 0.1) is 18.3 Å². The van der Waals surface area contributed by atoms with Gasteiger partial charge >= 0.3 is 6.18 Å². The Kier molecular flexibility index (Phi) is 4.82. The lowest BCUT2D eigenvalue weighted by Gasteiger charge is -2.21. The Labute approximate surface area is 137 Å². The summed E-state index contributed by atoms with van der Waals surface area (Å²) in [6.07, 6.45) is 0.465. The van der Waals surface area contributed by atoms with Crippen LogP contribution in [0.25, 0.3) is 0 Å². The number of carbonyl (C=O) groups is 1. The number of carbonyl (C=O) groups excluding carboxylic acids is 1. The highest BCUT2D eigenvalue weighted by molar-refractivity contribution is 5.84. The third-order valence-corrected chi connectivity index (χ3v) is 4.56. The molecule has 9 heteroatoms. The van der Waals surface area contributed by atoms with Gasteiger partial charge in [-0.15, -0.1) is 0 Å². The zero-order chi connectivity index (χ0) is 17.3. The number of hydrogen-bond donors (Lipinski definition) is 1. The third-order valence-electron chi connectivity index (χ3n) is 4.56. The van der Waals surface area contributed by atoms with E-state index in [-0.39, 0.29) is 18.6 Å². The molecular weight excluding hydrogens is 325 g/mol. The molecule has 0 saturated carbocycles. The summed E-state index contributed by atoms with van der Waals surface area (Å²) in [6.45, 7) is 0.138. The first-order valence-electron chi connectivity index (χ1n) is 8.02. The van der Waals surface area contributed by atoms with E-state index in [1.165, 1.54) is 0 Å². The van der Waals surface area contributed by atoms with Crippen molar-refractivity contribution in [1.82, 2.24) is 20.0 Å². The van der Waals surface area contributed by atoms with Crippen molar-refractivity contribution in [1.29, 1.82) is 0 Å². The zero-order valence-corrected chi connectivity index (χ0v) is 13.4. The molecular formula is C15H21F3N4O2. The van der Waals surface area contributed by atoms with Gasteiger partial charge in [-0.3, -0.25) is 9.48 Å². The van der Waals surface area contributed by atoms with Crippen molar-refractivity contribution in [3.05, 3.63) is 18.0 Å². The fraction of sp³-hybridized carbons (Fsp3) is 0.733. The van der Waals surface area contributed by atoms with Crippen LogP contribution < -0.4 is 5.32 Å². The normalized spacial score (nSPS) is 28.1. The number of nitrogens with zero attached hydrogens (tertiary/aromatic N) is 3. The summed E-state index contributed by atoms with van der Waals surface area (Å²) >= 11 is 0. The predicted octanol–water partition coefficient (Wildman–Crippen LogP) is 1.25. The molecule has 1 aromatic rings. The number of nitrogens with one attached hydrogen (secondary N) is 1. The van der Waals surface area contributed by atoms with E-state index in [4.69, 9.17) is 4.74 Å². The minimum Gasteiger partial charge on any atom is -0.373 e. The number of rotatable bonds is 5. The second kappa shape index (κ2) is 6.72. The summed E-state index contributed by atoms with van der Waals surface area (Å²) < 4.78 is 44.8. The number of halogens is 3. The molecule has 2 aliphatic heterocycles. The summed E-state index contributed by atoms with van der Waals surface area (Å²) in [5.41, 5.74) is 0.984. The van der Waals surface area contributed by atoms with Gasteiger partial charge in [0.2, 0.25) is 5.91 Å². The van der Waals surface area contributed by atoms with Gasteiger partial charge in [0, 0.05) is 44.4 Å². The van der Waals surface area contributed by atoms with Crippen LogP contribution in [0.2, 0.25) is 0 Å². The topological polar surface area (TPSA) is 59.4 Å². The molecule has 1 aromatic heterocycles. The number of amides is 1. The lowest BCUT2D eigenvalue weighted by atomic mass is 9.97. The van der Waals surface area contributed by atoms with E-state index in [0.29, 0.717) is 19.6 Å². The quantitative estimate of drug-likeness (QED) is 0.872. The van der Waals surface area contributed by atoms with Crippen LogP contribution in [0.5, 0.6) is 0 Å². The van der Waals surface area contributed by atoms with Gasteiger partial charge in [-0.25, -0.2) is 0 Å². The monoisotopic (exact) mass is 346 g/mol. The summed E-state index contributed by atoms with van der Waals surface area (Å²) in [5.74, 6) is -0.289. The van der Waals surface area contributed by atoms with E-state index >= 15 is 0 Å². The van der Waals surface area contributed by atoms with E-state index in [1.54, 1.807) is 10.9 Å². The van der Waals surface area contributed by atoms with Gasteiger partial charge in [-0.2, -0.15) is 18.3 Å². The highest BCUT2D eigenvalue weighted by Crippen LogP contribution is 2.34. The molecule has 0 radical (unpaired) electrons. The standard InChI is InChI=1S/C15H21F3N4O2/c1-21-8-11(7-20-21)13-10(3-5-24-13)6-19-12-2-4-22(14(12)23)9-15(16,17)18/h7-8,10,12-13,19H,2-6,9H2,1H3. The molecule has 0 aliphatic carbocycles. The molecule has 3 heterocycles. The first-order chi connectivity index (χ1) is 11.3. The number of aryl methyl sites for hydroxylation is 1. The van der Waals surface area contributed by atoms with Crippen LogP contribution in [-0.2, 0) is 16.6 Å². The molecule has 134 valence electrons. The van der Waals surface area contributed by atoms with Crippen molar-refractivity contribution in [2.24, 2.45) is 13.0 Å². The molecule has 2 fully saturated rings. The number of alkyl halides is 3. The maximum Gasteiger partial charge on any atom is 0.406 e. The van der Waals surface area contributed by atoms with Crippen LogP contribution >= 0.6 is 0 Å². The van der Waals surface area contributed by atoms with Gasteiger partial charge in [-0.1, -0.05) is 0 Å². The van der Waals surface area contributed by atoms with Crippen molar-refractivity contribution >= 4 is 5.91 Å². The maximum atomic E-state index is 12.4. The molecule has 1 amide bonds. The van der Waals surface area contributed by atoms with E-state index in [2.05, 4.69) is 10.4 Å². The zero-order valence-electron chi connectivity index (χ0n) is 13.4. The molecule has 3 atom stereocenters. The van der Waals surface area contributed by atoms with E-state index in [9.17, 15) is 18.0 Å². The van der Waals surface area contributed by atoms with Crippen molar-refractivity contribution in [3.8, 4) is 0 Å². The van der Waals surface area contributed by atoms with E-state index < -0.39 is 24.7 Å². The molecule has 24 heavy (non-hydrogen) atoms. The van der Waals surface area contributed by atoms with Crippen LogP contribution in [0, 0.1) is 5.92 Å². The van der Waals surface area contributed by atoms with Gasteiger partial charge in [0.1, 0.15) is 6.54 Å². The van der Waals surface area contributed by atoms with Crippen molar-refractivity contribution in [2.75, 3.05) is 26.2 Å². The first-order valence-corrected chi connectivity index (χ1v) is 8.02. The number of likely N-dealkylation sites (tertiary alicyclic amines) is 1. The number of hydrogen-bond acceptors (Lipinski definition) is 4. The fourth-order valence-corrected chi connectivity index (χ4v) is 3.39. The summed E-state index contributed by atoms with van der Waals surface area (Å²) in [7, 11) is 1.83. The molecule has 3 unspecified atom stereocenters. The van der Waals surface area contributed by atoms with Gasteiger partial charge < -0.3 is 15.0 Å². The molecule has 2 aliphatic rings. The predicted molar refractivity (Wildman–Crippen MR) is 79.1 cm³/mol. The summed E-state index contributed by atoms with van der Waals surface area (Å²) in [6, 6.07) is -0.539. The Balaban J connectivity index is 1.53. The van der Waals surface area contributed by atoms with Crippen molar-refractivity contribution < 1.29 is 22.7 Å². The highest BCUT2D eigenvalue weighted by atomic mass is 19.4. The number of aromatic nitrogens is 2. The Morgan fingerprint density at radius 1 is 1.42 bits per heavy atom. The largest absolute Gasteiger partial charge is 0.406 e. The smallest absolute Gasteiger partial charge is 0.373 e. The van der Waals surface area contributed by atoms with Crippen LogP contribution in [0.4, 0.5) is 13.2 Å². The van der Waals surface area contributed by atoms with Crippen molar-refractivity contribution in [3.63, 3.8) is 0 Å². The molecule has 0 spiro atoms. The Bertz CT molecular complexity index is 590. The lowest BCUT2D eigenvalue weighted by molar-refractivity contribution is -0.158. The SMILES string of the molecule is Cn1cc(C2OCCC2CNC2CCN(CC(F)(F)F)C2=O)cn1. The second-order valence-electron chi connectivity index (χ2n) is 6.41. The van der Waals surface area contributed by atoms with E-state index in [0.717, 1.165) is 16.9 Å². The average molecular weight is 346 g/mol. The molecule has 0 bridgehead atoms. The highest BCUT2D eigenvalue weighted by Gasteiger charge is 2.40. The minimum absolute atomic E-state index is 0.0889. The first kappa shape index (κ1) is 17.2. The minimum atomic E-state index is -4.35. The maximum absolute atomic E-state index is 12.4. The average Bonchev–Trinajstić information content (AvgIpc) is 3.18. The third kappa shape index (κ3) is 3.89. The lowest BCUT2D eigenvalue weighted by Crippen LogP contribution is -2.43. The molecule has 6 nitrogen and oxygen atoms in total. The molecule has 0 aromatic carbocycles. The van der Waals surface area contributed by atoms with Crippen LogP contribution in [0.1, 0.15) is 24.5 Å². The second-order valence-corrected chi connectivity index (χ2v) is 6.41. The number of ether oxygens (including phenoxy) is 1.